The van der Waals surface area contributed by atoms with Crippen molar-refractivity contribution in [3.8, 4) is 0 Å². The predicted molar refractivity (Wildman–Crippen MR) is 52.9 cm³/mol. The molecule has 0 rings (SSSR count). The van der Waals surface area contributed by atoms with E-state index in [1.807, 2.05) is 0 Å². The summed E-state index contributed by atoms with van der Waals surface area (Å²) in [7, 11) is 1.42. The Labute approximate surface area is 82.6 Å². The molecule has 0 heterocycles. The SMILES string of the molecule is C=C(C)C(=O)N(C)[C@@H](CS)C(=O)O. The highest BCUT2D eigenvalue weighted by Gasteiger charge is 2.24. The van der Waals surface area contributed by atoms with E-state index in [1.165, 1.54) is 14.0 Å². The Hall–Kier alpha value is -0.970. The molecular formula is C8H13NO3S. The number of carboxylic acids is 1. The van der Waals surface area contributed by atoms with E-state index in [1.54, 1.807) is 0 Å². The lowest BCUT2D eigenvalue weighted by Gasteiger charge is -2.23. The molecule has 0 radical (unpaired) electrons. The second-order valence-electron chi connectivity index (χ2n) is 2.73. The second-order valence-corrected chi connectivity index (χ2v) is 3.10. The first kappa shape index (κ1) is 12.0. The van der Waals surface area contributed by atoms with Crippen LogP contribution in [0, 0.1) is 0 Å². The van der Waals surface area contributed by atoms with Crippen molar-refractivity contribution < 1.29 is 14.7 Å². The van der Waals surface area contributed by atoms with Crippen LogP contribution in [0.2, 0.25) is 0 Å². The highest BCUT2D eigenvalue weighted by Crippen LogP contribution is 2.04. The van der Waals surface area contributed by atoms with Crippen LogP contribution in [-0.2, 0) is 9.59 Å². The number of amides is 1. The van der Waals surface area contributed by atoms with Gasteiger partial charge < -0.3 is 10.0 Å². The third-order valence-corrected chi connectivity index (χ3v) is 1.96. The predicted octanol–water partition coefficient (Wildman–Crippen LogP) is 0.404. The molecule has 0 aliphatic rings. The van der Waals surface area contributed by atoms with Crippen molar-refractivity contribution in [2.45, 2.75) is 13.0 Å². The summed E-state index contributed by atoms with van der Waals surface area (Å²) in [5.41, 5.74) is 0.315. The van der Waals surface area contributed by atoms with Gasteiger partial charge in [-0.1, -0.05) is 6.58 Å². The molecule has 13 heavy (non-hydrogen) atoms. The van der Waals surface area contributed by atoms with E-state index in [2.05, 4.69) is 19.2 Å². The summed E-state index contributed by atoms with van der Waals surface area (Å²) in [6.45, 7) is 4.98. The molecule has 74 valence electrons. The van der Waals surface area contributed by atoms with Gasteiger partial charge >= 0.3 is 5.97 Å². The van der Waals surface area contributed by atoms with E-state index in [9.17, 15) is 9.59 Å². The molecule has 0 aromatic heterocycles. The normalized spacial score (nSPS) is 11.9. The zero-order valence-corrected chi connectivity index (χ0v) is 8.54. The molecule has 0 fully saturated rings. The van der Waals surface area contributed by atoms with Gasteiger partial charge in [0.15, 0.2) is 0 Å². The van der Waals surface area contributed by atoms with Crippen molar-refractivity contribution in [2.24, 2.45) is 0 Å². The summed E-state index contributed by atoms with van der Waals surface area (Å²) in [6, 6.07) is -0.896. The smallest absolute Gasteiger partial charge is 0.327 e. The fourth-order valence-electron chi connectivity index (χ4n) is 0.809. The summed E-state index contributed by atoms with van der Waals surface area (Å²) in [6.07, 6.45) is 0. The maximum absolute atomic E-state index is 11.3. The molecule has 1 amide bonds. The monoisotopic (exact) mass is 203 g/mol. The topological polar surface area (TPSA) is 57.6 Å². The Bertz CT molecular complexity index is 240. The zero-order chi connectivity index (χ0) is 10.6. The second kappa shape index (κ2) is 4.91. The van der Waals surface area contributed by atoms with E-state index in [-0.39, 0.29) is 11.7 Å². The van der Waals surface area contributed by atoms with Crippen molar-refractivity contribution in [1.82, 2.24) is 4.90 Å². The van der Waals surface area contributed by atoms with Crippen LogP contribution in [-0.4, -0.2) is 40.7 Å². The first-order valence-corrected chi connectivity index (χ1v) is 4.31. The van der Waals surface area contributed by atoms with Gasteiger partial charge in [0, 0.05) is 18.4 Å². The fraction of sp³-hybridized carbons (Fsp3) is 0.500. The Kier molecular flexibility index (Phi) is 4.55. The first-order chi connectivity index (χ1) is 5.91. The minimum absolute atomic E-state index is 0.0881. The van der Waals surface area contributed by atoms with Gasteiger partial charge in [-0.25, -0.2) is 4.79 Å². The van der Waals surface area contributed by atoms with Crippen LogP contribution in [0.1, 0.15) is 6.92 Å². The molecule has 1 atom stereocenters. The van der Waals surface area contributed by atoms with Gasteiger partial charge in [0.2, 0.25) is 5.91 Å². The molecule has 1 N–H and O–H groups in total. The van der Waals surface area contributed by atoms with Crippen LogP contribution in [0.25, 0.3) is 0 Å². The van der Waals surface area contributed by atoms with Gasteiger partial charge in [-0.05, 0) is 6.92 Å². The van der Waals surface area contributed by atoms with E-state index in [4.69, 9.17) is 5.11 Å². The number of rotatable bonds is 4. The number of nitrogens with zero attached hydrogens (tertiary/aromatic N) is 1. The van der Waals surface area contributed by atoms with Crippen molar-refractivity contribution in [3.63, 3.8) is 0 Å². The Morgan fingerprint density at radius 2 is 2.08 bits per heavy atom. The number of likely N-dealkylation sites (N-methyl/N-ethyl adjacent to an activating group) is 1. The van der Waals surface area contributed by atoms with Gasteiger partial charge in [0.05, 0.1) is 0 Å². The minimum Gasteiger partial charge on any atom is -0.480 e. The van der Waals surface area contributed by atoms with Crippen molar-refractivity contribution in [2.75, 3.05) is 12.8 Å². The van der Waals surface area contributed by atoms with E-state index < -0.39 is 12.0 Å². The van der Waals surface area contributed by atoms with Crippen LogP contribution < -0.4 is 0 Å². The van der Waals surface area contributed by atoms with Gasteiger partial charge in [0.25, 0.3) is 0 Å². The number of carbonyl (C=O) groups excluding carboxylic acids is 1. The van der Waals surface area contributed by atoms with Crippen molar-refractivity contribution in [3.05, 3.63) is 12.2 Å². The number of aliphatic carboxylic acids is 1. The van der Waals surface area contributed by atoms with Crippen molar-refractivity contribution in [1.29, 1.82) is 0 Å². The molecule has 4 nitrogen and oxygen atoms in total. The lowest BCUT2D eigenvalue weighted by atomic mass is 10.2. The molecule has 0 saturated heterocycles. The molecule has 0 spiro atoms. The average Bonchev–Trinajstić information content (AvgIpc) is 2.03. The molecule has 0 bridgehead atoms. The van der Waals surface area contributed by atoms with E-state index in [0.717, 1.165) is 4.90 Å². The number of carbonyl (C=O) groups is 2. The molecule has 0 aromatic rings. The van der Waals surface area contributed by atoms with Gasteiger partial charge in [-0.15, -0.1) is 0 Å². The number of carboxylic acid groups (broad SMARTS) is 1. The Morgan fingerprint density at radius 3 is 2.31 bits per heavy atom. The first-order valence-electron chi connectivity index (χ1n) is 3.68. The molecule has 0 aliphatic heterocycles. The third-order valence-electron chi connectivity index (χ3n) is 1.61. The molecule has 5 heteroatoms. The zero-order valence-electron chi connectivity index (χ0n) is 7.65. The van der Waals surface area contributed by atoms with Crippen LogP contribution in [0.15, 0.2) is 12.2 Å². The molecule has 0 aromatic carbocycles. The van der Waals surface area contributed by atoms with Crippen LogP contribution in [0.5, 0.6) is 0 Å². The molecular weight excluding hydrogens is 190 g/mol. The maximum atomic E-state index is 11.3. The molecule has 0 saturated carbocycles. The summed E-state index contributed by atoms with van der Waals surface area (Å²) in [5.74, 6) is -1.35. The third kappa shape index (κ3) is 3.10. The highest BCUT2D eigenvalue weighted by molar-refractivity contribution is 7.80. The van der Waals surface area contributed by atoms with Crippen molar-refractivity contribution >= 4 is 24.5 Å². The van der Waals surface area contributed by atoms with Crippen LogP contribution in [0.4, 0.5) is 0 Å². The molecule has 0 unspecified atom stereocenters. The van der Waals surface area contributed by atoms with Gasteiger partial charge in [-0.3, -0.25) is 4.79 Å². The lowest BCUT2D eigenvalue weighted by molar-refractivity contribution is -0.146. The largest absolute Gasteiger partial charge is 0.480 e. The minimum atomic E-state index is -1.06. The summed E-state index contributed by atoms with van der Waals surface area (Å²) < 4.78 is 0. The average molecular weight is 203 g/mol. The Balaban J connectivity index is 4.55. The van der Waals surface area contributed by atoms with E-state index >= 15 is 0 Å². The highest BCUT2D eigenvalue weighted by atomic mass is 32.1. The quantitative estimate of drug-likeness (QED) is 0.514. The number of hydrogen-bond acceptors (Lipinski definition) is 3. The van der Waals surface area contributed by atoms with E-state index in [0.29, 0.717) is 5.57 Å². The number of thiol groups is 1. The summed E-state index contributed by atoms with van der Waals surface area (Å²) in [5, 5.41) is 8.70. The molecule has 0 aliphatic carbocycles. The van der Waals surface area contributed by atoms with Crippen LogP contribution >= 0.6 is 12.6 Å². The summed E-state index contributed by atoms with van der Waals surface area (Å²) >= 11 is 3.85. The van der Waals surface area contributed by atoms with Gasteiger partial charge in [-0.2, -0.15) is 12.6 Å². The number of hydrogen-bond donors (Lipinski definition) is 2. The summed E-state index contributed by atoms with van der Waals surface area (Å²) in [4.78, 5) is 23.0. The van der Waals surface area contributed by atoms with Crippen LogP contribution in [0.3, 0.4) is 0 Å². The lowest BCUT2D eigenvalue weighted by Crippen LogP contribution is -2.43. The Morgan fingerprint density at radius 1 is 1.62 bits per heavy atom. The fourth-order valence-corrected chi connectivity index (χ4v) is 1.21. The maximum Gasteiger partial charge on any atom is 0.327 e. The van der Waals surface area contributed by atoms with Gasteiger partial charge in [0.1, 0.15) is 6.04 Å². The standard InChI is InChI=1S/C8H13NO3S/c1-5(2)7(10)9(3)6(4-13)8(11)12/h6,13H,1,4H2,2-3H3,(H,11,12)/t6-/m0/s1.